The Morgan fingerprint density at radius 1 is 1.00 bits per heavy atom. The molecule has 1 radical (unpaired) electrons. The summed E-state index contributed by atoms with van der Waals surface area (Å²) in [5, 5.41) is 0. The maximum absolute atomic E-state index is 3.95. The first-order valence-electron chi connectivity index (χ1n) is 3.94. The van der Waals surface area contributed by atoms with Crippen molar-refractivity contribution in [3.05, 3.63) is 53.3 Å². The van der Waals surface area contributed by atoms with E-state index in [9.17, 15) is 0 Å². The van der Waals surface area contributed by atoms with E-state index in [0.29, 0.717) is 0 Å². The molecule has 0 saturated heterocycles. The molecule has 0 fully saturated rings. The summed E-state index contributed by atoms with van der Waals surface area (Å²) < 4.78 is 1.09. The molecular formula is C11H7BrN. The molecule has 0 atom stereocenters. The number of aromatic nitrogens is 1. The molecule has 63 valence electrons. The Labute approximate surface area is 85.6 Å². The van der Waals surface area contributed by atoms with Crippen molar-refractivity contribution in [2.75, 3.05) is 0 Å². The second-order valence-corrected chi connectivity index (χ2v) is 3.60. The molecule has 0 saturated carbocycles. The zero-order chi connectivity index (χ0) is 9.10. The Kier molecular flexibility index (Phi) is 2.41. The third-order valence-electron chi connectivity index (χ3n) is 1.79. The maximum Gasteiger partial charge on any atom is 0.0886 e. The molecule has 1 heterocycles. The Balaban J connectivity index is 2.42. The average Bonchev–Trinajstić information content (AvgIpc) is 2.20. The van der Waals surface area contributed by atoms with Crippen LogP contribution in [0.25, 0.3) is 11.1 Å². The normalized spacial score (nSPS) is 9.92. The Bertz CT molecular complexity index is 381. The Morgan fingerprint density at radius 2 is 1.77 bits per heavy atom. The van der Waals surface area contributed by atoms with Gasteiger partial charge in [0, 0.05) is 16.2 Å². The van der Waals surface area contributed by atoms with Crippen LogP contribution in [0.3, 0.4) is 0 Å². The Hall–Kier alpha value is -1.15. The molecule has 0 bridgehead atoms. The van der Waals surface area contributed by atoms with E-state index < -0.39 is 0 Å². The van der Waals surface area contributed by atoms with Crippen LogP contribution in [0.4, 0.5) is 0 Å². The number of nitrogens with zero attached hydrogens (tertiary/aromatic N) is 1. The maximum atomic E-state index is 3.95. The van der Waals surface area contributed by atoms with E-state index in [1.807, 2.05) is 30.5 Å². The lowest BCUT2D eigenvalue weighted by molar-refractivity contribution is 1.31. The van der Waals surface area contributed by atoms with Gasteiger partial charge in [-0.15, -0.1) is 0 Å². The number of pyridine rings is 1. The highest BCUT2D eigenvalue weighted by atomic mass is 79.9. The lowest BCUT2D eigenvalue weighted by Gasteiger charge is -1.99. The highest BCUT2D eigenvalue weighted by Crippen LogP contribution is 2.20. The molecule has 2 aromatic rings. The fourth-order valence-electron chi connectivity index (χ4n) is 1.13. The number of hydrogen-bond acceptors (Lipinski definition) is 1. The lowest BCUT2D eigenvalue weighted by Crippen LogP contribution is -1.78. The van der Waals surface area contributed by atoms with Crippen LogP contribution in [0, 0.1) is 6.20 Å². The third-order valence-corrected chi connectivity index (χ3v) is 2.32. The molecule has 0 aliphatic carbocycles. The molecule has 1 aromatic heterocycles. The van der Waals surface area contributed by atoms with Crippen molar-refractivity contribution in [2.24, 2.45) is 0 Å². The quantitative estimate of drug-likeness (QED) is 0.736. The van der Waals surface area contributed by atoms with E-state index in [2.05, 4.69) is 39.2 Å². The smallest absolute Gasteiger partial charge is 0.0886 e. The second kappa shape index (κ2) is 3.71. The van der Waals surface area contributed by atoms with E-state index in [4.69, 9.17) is 0 Å². The van der Waals surface area contributed by atoms with E-state index in [-0.39, 0.29) is 0 Å². The molecule has 0 N–H and O–H groups in total. The fraction of sp³-hybridized carbons (Fsp3) is 0. The van der Waals surface area contributed by atoms with E-state index >= 15 is 0 Å². The minimum atomic E-state index is 1.09. The van der Waals surface area contributed by atoms with Crippen molar-refractivity contribution in [3.8, 4) is 11.1 Å². The topological polar surface area (TPSA) is 12.9 Å². The van der Waals surface area contributed by atoms with Crippen molar-refractivity contribution >= 4 is 15.9 Å². The third kappa shape index (κ3) is 1.95. The first-order valence-corrected chi connectivity index (χ1v) is 4.73. The average molecular weight is 233 g/mol. The molecule has 0 aliphatic heterocycles. The van der Waals surface area contributed by atoms with Gasteiger partial charge in [-0.2, -0.15) is 0 Å². The van der Waals surface area contributed by atoms with Crippen LogP contribution in [-0.2, 0) is 0 Å². The van der Waals surface area contributed by atoms with Crippen molar-refractivity contribution in [2.45, 2.75) is 0 Å². The van der Waals surface area contributed by atoms with Gasteiger partial charge in [-0.05, 0) is 23.8 Å². The van der Waals surface area contributed by atoms with Crippen molar-refractivity contribution in [3.63, 3.8) is 0 Å². The van der Waals surface area contributed by atoms with Gasteiger partial charge in [0.2, 0.25) is 0 Å². The van der Waals surface area contributed by atoms with Crippen molar-refractivity contribution < 1.29 is 0 Å². The van der Waals surface area contributed by atoms with Gasteiger partial charge in [-0.25, -0.2) is 0 Å². The van der Waals surface area contributed by atoms with Crippen LogP contribution in [0.2, 0.25) is 0 Å². The highest BCUT2D eigenvalue weighted by molar-refractivity contribution is 9.10. The molecule has 2 rings (SSSR count). The largest absolute Gasteiger partial charge is 0.254 e. The molecule has 13 heavy (non-hydrogen) atoms. The van der Waals surface area contributed by atoms with Gasteiger partial charge in [0.15, 0.2) is 0 Å². The molecule has 2 heteroatoms. The predicted octanol–water partition coefficient (Wildman–Crippen LogP) is 3.31. The molecule has 1 nitrogen and oxygen atoms in total. The summed E-state index contributed by atoms with van der Waals surface area (Å²) in [6.45, 7) is 0. The minimum Gasteiger partial charge on any atom is -0.254 e. The monoisotopic (exact) mass is 232 g/mol. The first-order chi connectivity index (χ1) is 6.36. The van der Waals surface area contributed by atoms with Crippen molar-refractivity contribution in [1.82, 2.24) is 4.98 Å². The molecule has 0 aliphatic rings. The van der Waals surface area contributed by atoms with Crippen LogP contribution in [0.5, 0.6) is 0 Å². The zero-order valence-electron chi connectivity index (χ0n) is 6.87. The summed E-state index contributed by atoms with van der Waals surface area (Å²) in [5.41, 5.74) is 2.29. The standard InChI is InChI=1S/C11H7BrN/c12-11-5-3-9(4-6-11)10-2-1-7-13-8-10/h1-6,8H. The van der Waals surface area contributed by atoms with Gasteiger partial charge in [0.1, 0.15) is 0 Å². The minimum absolute atomic E-state index is 1.09. The number of rotatable bonds is 1. The van der Waals surface area contributed by atoms with Crippen LogP contribution in [0.1, 0.15) is 0 Å². The highest BCUT2D eigenvalue weighted by Gasteiger charge is 1.95. The first kappa shape index (κ1) is 8.45. The summed E-state index contributed by atoms with van der Waals surface area (Å²) >= 11 is 3.40. The number of benzene rings is 1. The molecule has 0 amide bonds. The number of halogens is 1. The van der Waals surface area contributed by atoms with Crippen molar-refractivity contribution in [1.29, 1.82) is 0 Å². The van der Waals surface area contributed by atoms with Gasteiger partial charge in [-0.3, -0.25) is 4.98 Å². The summed E-state index contributed by atoms with van der Waals surface area (Å²) in [4.78, 5) is 3.95. The zero-order valence-corrected chi connectivity index (χ0v) is 8.45. The van der Waals surface area contributed by atoms with Gasteiger partial charge in [0.05, 0.1) is 6.20 Å². The molecule has 0 spiro atoms. The van der Waals surface area contributed by atoms with Gasteiger partial charge in [0.25, 0.3) is 0 Å². The fourth-order valence-corrected chi connectivity index (χ4v) is 1.40. The summed E-state index contributed by atoms with van der Waals surface area (Å²) in [6.07, 6.45) is 4.56. The van der Waals surface area contributed by atoms with Crippen LogP contribution in [-0.4, -0.2) is 4.98 Å². The lowest BCUT2D eigenvalue weighted by atomic mass is 10.1. The van der Waals surface area contributed by atoms with Crippen LogP contribution < -0.4 is 0 Å². The van der Waals surface area contributed by atoms with Crippen LogP contribution >= 0.6 is 15.9 Å². The summed E-state index contributed by atoms with van der Waals surface area (Å²) in [5.74, 6) is 0. The van der Waals surface area contributed by atoms with E-state index in [0.717, 1.165) is 10.0 Å². The molecular weight excluding hydrogens is 226 g/mol. The SMILES string of the molecule is Brc1ccc(-c2cc[c]nc2)cc1. The predicted molar refractivity (Wildman–Crippen MR) is 56.2 cm³/mol. The molecule has 0 unspecified atom stereocenters. The second-order valence-electron chi connectivity index (χ2n) is 2.68. The van der Waals surface area contributed by atoms with E-state index in [1.54, 1.807) is 0 Å². The molecule has 1 aromatic carbocycles. The van der Waals surface area contributed by atoms with E-state index in [1.165, 1.54) is 5.56 Å². The summed E-state index contributed by atoms with van der Waals surface area (Å²) in [6, 6.07) is 12.0. The van der Waals surface area contributed by atoms with Gasteiger partial charge in [-0.1, -0.05) is 34.1 Å². The Morgan fingerprint density at radius 3 is 2.38 bits per heavy atom. The van der Waals surface area contributed by atoms with Gasteiger partial charge >= 0.3 is 0 Å². The van der Waals surface area contributed by atoms with Gasteiger partial charge < -0.3 is 0 Å². The summed E-state index contributed by atoms with van der Waals surface area (Å²) in [7, 11) is 0. The number of hydrogen-bond donors (Lipinski definition) is 0. The van der Waals surface area contributed by atoms with Crippen LogP contribution in [0.15, 0.2) is 47.1 Å².